The average molecular weight is 231 g/mol. The van der Waals surface area contributed by atoms with Crippen LogP contribution in [0, 0.1) is 5.92 Å². The van der Waals surface area contributed by atoms with E-state index in [1.54, 1.807) is 0 Å². The van der Waals surface area contributed by atoms with Gasteiger partial charge in [0.15, 0.2) is 0 Å². The first-order valence-corrected chi connectivity index (χ1v) is 6.35. The Morgan fingerprint density at radius 1 is 1.24 bits per heavy atom. The number of nitrogens with one attached hydrogen (secondary N) is 1. The van der Waals surface area contributed by atoms with Crippen molar-refractivity contribution in [2.45, 2.75) is 37.6 Å². The summed E-state index contributed by atoms with van der Waals surface area (Å²) < 4.78 is 0. The van der Waals surface area contributed by atoms with Crippen LogP contribution in [0.4, 0.5) is 5.69 Å². The van der Waals surface area contributed by atoms with E-state index in [9.17, 15) is 9.90 Å². The molecule has 3 unspecified atom stereocenters. The maximum Gasteiger partial charge on any atom is 0.311 e. The van der Waals surface area contributed by atoms with E-state index in [-0.39, 0.29) is 11.8 Å². The van der Waals surface area contributed by atoms with Crippen molar-refractivity contribution in [1.82, 2.24) is 0 Å². The summed E-state index contributed by atoms with van der Waals surface area (Å²) in [6, 6.07) is 8.19. The van der Waals surface area contributed by atoms with Gasteiger partial charge in [-0.25, -0.2) is 0 Å². The second-order valence-electron chi connectivity index (χ2n) is 5.10. The topological polar surface area (TPSA) is 49.3 Å². The smallest absolute Gasteiger partial charge is 0.311 e. The molecule has 0 aromatic heterocycles. The first kappa shape index (κ1) is 10.6. The predicted molar refractivity (Wildman–Crippen MR) is 66.2 cm³/mol. The van der Waals surface area contributed by atoms with E-state index >= 15 is 0 Å². The third kappa shape index (κ3) is 1.70. The number of para-hydroxylation sites is 1. The highest BCUT2D eigenvalue weighted by Gasteiger charge is 2.41. The minimum absolute atomic E-state index is 0.260. The van der Waals surface area contributed by atoms with Crippen molar-refractivity contribution < 1.29 is 9.90 Å². The molecule has 0 saturated heterocycles. The van der Waals surface area contributed by atoms with Gasteiger partial charge in [0.25, 0.3) is 0 Å². The number of carbonyl (C=O) groups is 1. The quantitative estimate of drug-likeness (QED) is 0.781. The van der Waals surface area contributed by atoms with Gasteiger partial charge in [0, 0.05) is 11.7 Å². The highest BCUT2D eigenvalue weighted by atomic mass is 16.4. The zero-order valence-corrected chi connectivity index (χ0v) is 9.73. The molecule has 1 aromatic rings. The molecule has 1 fully saturated rings. The molecule has 3 nitrogen and oxygen atoms in total. The number of rotatable bonds is 1. The fourth-order valence-electron chi connectivity index (χ4n) is 3.38. The molecule has 1 saturated carbocycles. The normalized spacial score (nSPS) is 30.9. The van der Waals surface area contributed by atoms with Gasteiger partial charge in [0.1, 0.15) is 0 Å². The predicted octanol–water partition coefficient (Wildman–Crippen LogP) is 2.84. The first-order chi connectivity index (χ1) is 8.27. The van der Waals surface area contributed by atoms with Crippen LogP contribution in [-0.2, 0) is 4.79 Å². The minimum Gasteiger partial charge on any atom is -0.481 e. The molecule has 3 atom stereocenters. The maximum atomic E-state index is 11.5. The van der Waals surface area contributed by atoms with Crippen LogP contribution < -0.4 is 5.32 Å². The number of fused-ring (bicyclic) bond motifs is 2. The molecule has 3 rings (SSSR count). The number of carboxylic acids is 1. The van der Waals surface area contributed by atoms with Crippen LogP contribution in [0.3, 0.4) is 0 Å². The highest BCUT2D eigenvalue weighted by Crippen LogP contribution is 2.44. The largest absolute Gasteiger partial charge is 0.481 e. The second kappa shape index (κ2) is 4.06. The second-order valence-corrected chi connectivity index (χ2v) is 5.10. The SMILES string of the molecule is O=C(O)C1c2ccccc2NC2CCCCC21. The van der Waals surface area contributed by atoms with Crippen molar-refractivity contribution in [1.29, 1.82) is 0 Å². The number of carboxylic acid groups (broad SMARTS) is 1. The van der Waals surface area contributed by atoms with Gasteiger partial charge in [-0.1, -0.05) is 31.0 Å². The first-order valence-electron chi connectivity index (χ1n) is 6.35. The van der Waals surface area contributed by atoms with Gasteiger partial charge < -0.3 is 10.4 Å². The van der Waals surface area contributed by atoms with Crippen LogP contribution in [-0.4, -0.2) is 17.1 Å². The van der Waals surface area contributed by atoms with Crippen LogP contribution in [0.25, 0.3) is 0 Å². The van der Waals surface area contributed by atoms with Gasteiger partial charge >= 0.3 is 5.97 Å². The summed E-state index contributed by atoms with van der Waals surface area (Å²) in [5.74, 6) is -0.732. The monoisotopic (exact) mass is 231 g/mol. The summed E-state index contributed by atoms with van der Waals surface area (Å²) in [4.78, 5) is 11.5. The number of anilines is 1. The number of aliphatic carboxylic acids is 1. The van der Waals surface area contributed by atoms with Gasteiger partial charge in [0.2, 0.25) is 0 Å². The molecule has 2 N–H and O–H groups in total. The van der Waals surface area contributed by atoms with Crippen LogP contribution in [0.1, 0.15) is 37.2 Å². The van der Waals surface area contributed by atoms with E-state index < -0.39 is 5.97 Å². The average Bonchev–Trinajstić information content (AvgIpc) is 2.35. The van der Waals surface area contributed by atoms with Gasteiger partial charge in [-0.3, -0.25) is 4.79 Å². The summed E-state index contributed by atoms with van der Waals surface area (Å²) in [6.07, 6.45) is 4.50. The van der Waals surface area contributed by atoms with Gasteiger partial charge in [-0.15, -0.1) is 0 Å². The lowest BCUT2D eigenvalue weighted by molar-refractivity contribution is -0.140. The summed E-state index contributed by atoms with van der Waals surface area (Å²) in [7, 11) is 0. The molecule has 0 radical (unpaired) electrons. The third-order valence-electron chi connectivity index (χ3n) is 4.15. The summed E-state index contributed by atoms with van der Waals surface area (Å²) in [5, 5.41) is 13.0. The van der Waals surface area contributed by atoms with Crippen LogP contribution >= 0.6 is 0 Å². The number of hydrogen-bond donors (Lipinski definition) is 2. The zero-order valence-electron chi connectivity index (χ0n) is 9.73. The van der Waals surface area contributed by atoms with Gasteiger partial charge in [-0.05, 0) is 30.4 Å². The molecule has 0 amide bonds. The fourth-order valence-corrected chi connectivity index (χ4v) is 3.38. The molecule has 17 heavy (non-hydrogen) atoms. The summed E-state index contributed by atoms with van der Waals surface area (Å²) >= 11 is 0. The molecule has 0 bridgehead atoms. The summed E-state index contributed by atoms with van der Waals surface area (Å²) in [6.45, 7) is 0. The Balaban J connectivity index is 2.05. The fraction of sp³-hybridized carbons (Fsp3) is 0.500. The Kier molecular flexibility index (Phi) is 2.54. The van der Waals surface area contributed by atoms with Crippen LogP contribution in [0.15, 0.2) is 24.3 Å². The summed E-state index contributed by atoms with van der Waals surface area (Å²) in [5.41, 5.74) is 1.98. The Bertz CT molecular complexity index is 444. The maximum absolute atomic E-state index is 11.5. The van der Waals surface area contributed by atoms with E-state index in [2.05, 4.69) is 5.32 Å². The van der Waals surface area contributed by atoms with Crippen molar-refractivity contribution in [2.75, 3.05) is 5.32 Å². The molecule has 1 aliphatic carbocycles. The molecule has 1 aromatic carbocycles. The van der Waals surface area contributed by atoms with Crippen molar-refractivity contribution in [3.8, 4) is 0 Å². The third-order valence-corrected chi connectivity index (χ3v) is 4.15. The standard InChI is InChI=1S/C14H17NO2/c16-14(17)13-9-5-1-3-7-11(9)15-12-8-4-2-6-10(12)13/h1,3,5,7,10,12-13,15H,2,4,6,8H2,(H,16,17). The van der Waals surface area contributed by atoms with E-state index in [1.165, 1.54) is 6.42 Å². The Labute approximate surface area is 101 Å². The molecule has 3 heteroatoms. The van der Waals surface area contributed by atoms with Crippen molar-refractivity contribution in [2.24, 2.45) is 5.92 Å². The molecule has 1 aliphatic heterocycles. The zero-order chi connectivity index (χ0) is 11.8. The van der Waals surface area contributed by atoms with Crippen molar-refractivity contribution in [3.63, 3.8) is 0 Å². The Morgan fingerprint density at radius 3 is 2.82 bits per heavy atom. The van der Waals surface area contributed by atoms with E-state index in [0.717, 1.165) is 30.5 Å². The van der Waals surface area contributed by atoms with Crippen LogP contribution in [0.2, 0.25) is 0 Å². The lowest BCUT2D eigenvalue weighted by atomic mass is 9.71. The minimum atomic E-state index is -0.671. The lowest BCUT2D eigenvalue weighted by Crippen LogP contribution is -2.42. The van der Waals surface area contributed by atoms with E-state index in [4.69, 9.17) is 0 Å². The van der Waals surface area contributed by atoms with E-state index in [0.29, 0.717) is 6.04 Å². The van der Waals surface area contributed by atoms with Crippen molar-refractivity contribution >= 4 is 11.7 Å². The molecule has 1 heterocycles. The molecule has 2 aliphatic rings. The Morgan fingerprint density at radius 2 is 2.00 bits per heavy atom. The molecular formula is C14H17NO2. The molecule has 0 spiro atoms. The van der Waals surface area contributed by atoms with Gasteiger partial charge in [0.05, 0.1) is 5.92 Å². The lowest BCUT2D eigenvalue weighted by Gasteiger charge is -2.41. The number of hydrogen-bond acceptors (Lipinski definition) is 2. The van der Waals surface area contributed by atoms with E-state index in [1.807, 2.05) is 24.3 Å². The highest BCUT2D eigenvalue weighted by molar-refractivity contribution is 5.81. The van der Waals surface area contributed by atoms with Crippen LogP contribution in [0.5, 0.6) is 0 Å². The Hall–Kier alpha value is -1.51. The number of benzene rings is 1. The molecule has 90 valence electrons. The van der Waals surface area contributed by atoms with Crippen molar-refractivity contribution in [3.05, 3.63) is 29.8 Å². The van der Waals surface area contributed by atoms with Gasteiger partial charge in [-0.2, -0.15) is 0 Å². The molecular weight excluding hydrogens is 214 g/mol.